The Kier molecular flexibility index (Phi) is 3.42. The van der Waals surface area contributed by atoms with Gasteiger partial charge in [-0.05, 0) is 22.9 Å². The van der Waals surface area contributed by atoms with Crippen LogP contribution < -0.4 is 4.90 Å². The number of nitrogens with zero attached hydrogens (tertiary/aromatic N) is 5. The van der Waals surface area contributed by atoms with Gasteiger partial charge < -0.3 is 9.47 Å². The van der Waals surface area contributed by atoms with E-state index in [1.807, 2.05) is 42.7 Å². The van der Waals surface area contributed by atoms with E-state index in [-0.39, 0.29) is 0 Å². The van der Waals surface area contributed by atoms with Crippen molar-refractivity contribution >= 4 is 21.7 Å². The molecule has 2 heterocycles. The largest absolute Gasteiger partial charge is 0.352 e. The number of rotatable bonds is 3. The molecule has 0 aliphatic rings. The highest BCUT2D eigenvalue weighted by Gasteiger charge is 2.08. The summed E-state index contributed by atoms with van der Waals surface area (Å²) in [4.78, 5) is 14.9. The number of anilines is 1. The van der Waals surface area contributed by atoms with Crippen LogP contribution in [-0.2, 0) is 13.6 Å². The molecule has 2 aromatic rings. The Hall–Kier alpha value is -1.43. The van der Waals surface area contributed by atoms with Gasteiger partial charge in [-0.2, -0.15) is 0 Å². The van der Waals surface area contributed by atoms with Crippen LogP contribution in [0, 0.1) is 6.92 Å². The molecule has 0 saturated heterocycles. The third kappa shape index (κ3) is 2.82. The molecule has 2 rings (SSSR count). The summed E-state index contributed by atoms with van der Waals surface area (Å²) < 4.78 is 2.80. The number of aromatic nitrogens is 4. The highest BCUT2D eigenvalue weighted by molar-refractivity contribution is 9.10. The zero-order valence-corrected chi connectivity index (χ0v) is 11.6. The Balaban J connectivity index is 2.20. The Morgan fingerprint density at radius 1 is 1.41 bits per heavy atom. The molecule has 0 aliphatic heterocycles. The molecule has 17 heavy (non-hydrogen) atoms. The van der Waals surface area contributed by atoms with Crippen LogP contribution >= 0.6 is 15.9 Å². The third-order valence-corrected chi connectivity index (χ3v) is 2.89. The molecule has 0 saturated carbocycles. The first-order valence-corrected chi connectivity index (χ1v) is 6.04. The molecular formula is C11H14BrN5. The lowest BCUT2D eigenvalue weighted by molar-refractivity contribution is 0.752. The van der Waals surface area contributed by atoms with Gasteiger partial charge in [0.25, 0.3) is 0 Å². The second-order valence-corrected chi connectivity index (χ2v) is 4.72. The summed E-state index contributed by atoms with van der Waals surface area (Å²) in [5.41, 5.74) is 0. The summed E-state index contributed by atoms with van der Waals surface area (Å²) in [5.74, 6) is 2.63. The van der Waals surface area contributed by atoms with Gasteiger partial charge in [0.1, 0.15) is 22.1 Å². The quantitative estimate of drug-likeness (QED) is 0.812. The van der Waals surface area contributed by atoms with Gasteiger partial charge >= 0.3 is 0 Å². The van der Waals surface area contributed by atoms with E-state index in [1.165, 1.54) is 0 Å². The molecule has 0 unspecified atom stereocenters. The van der Waals surface area contributed by atoms with Crippen LogP contribution in [0.25, 0.3) is 0 Å². The molecule has 0 bridgehead atoms. The third-order valence-electron chi connectivity index (χ3n) is 2.48. The fourth-order valence-electron chi connectivity index (χ4n) is 1.55. The van der Waals surface area contributed by atoms with Gasteiger partial charge in [-0.25, -0.2) is 15.0 Å². The van der Waals surface area contributed by atoms with Gasteiger partial charge in [0.15, 0.2) is 0 Å². The molecule has 5 nitrogen and oxygen atoms in total. The Morgan fingerprint density at radius 2 is 2.18 bits per heavy atom. The maximum absolute atomic E-state index is 4.39. The first-order chi connectivity index (χ1) is 8.06. The minimum absolute atomic E-state index is 0.715. The monoisotopic (exact) mass is 295 g/mol. The van der Waals surface area contributed by atoms with Crippen molar-refractivity contribution in [1.82, 2.24) is 19.5 Å². The number of hydrogen-bond donors (Lipinski definition) is 0. The zero-order valence-electron chi connectivity index (χ0n) is 10.1. The molecule has 0 aromatic carbocycles. The average molecular weight is 296 g/mol. The molecular weight excluding hydrogens is 282 g/mol. The van der Waals surface area contributed by atoms with Gasteiger partial charge in [-0.15, -0.1) is 0 Å². The van der Waals surface area contributed by atoms with Crippen molar-refractivity contribution in [3.05, 3.63) is 34.7 Å². The highest BCUT2D eigenvalue weighted by atomic mass is 79.9. The predicted molar refractivity (Wildman–Crippen MR) is 69.8 cm³/mol. The second-order valence-electron chi connectivity index (χ2n) is 3.91. The summed E-state index contributed by atoms with van der Waals surface area (Å²) in [6, 6.07) is 1.90. The van der Waals surface area contributed by atoms with Crippen LogP contribution in [0.2, 0.25) is 0 Å². The van der Waals surface area contributed by atoms with E-state index in [9.17, 15) is 0 Å². The SMILES string of the molecule is Cc1nc(Br)cc(N(C)Cc2nccn2C)n1. The minimum Gasteiger partial charge on any atom is -0.352 e. The van der Waals surface area contributed by atoms with Crippen molar-refractivity contribution in [2.45, 2.75) is 13.5 Å². The summed E-state index contributed by atoms with van der Waals surface area (Å²) in [6.45, 7) is 2.59. The fraction of sp³-hybridized carbons (Fsp3) is 0.364. The number of imidazole rings is 1. The van der Waals surface area contributed by atoms with E-state index in [4.69, 9.17) is 0 Å². The standard InChI is InChI=1S/C11H14BrN5/c1-8-14-9(12)6-10(15-8)17(3)7-11-13-4-5-16(11)2/h4-6H,7H2,1-3H3. The maximum atomic E-state index is 4.39. The predicted octanol–water partition coefficient (Wildman–Crippen LogP) is 1.92. The van der Waals surface area contributed by atoms with Crippen LogP contribution in [-0.4, -0.2) is 26.6 Å². The average Bonchev–Trinajstić information content (AvgIpc) is 2.63. The van der Waals surface area contributed by atoms with Crippen molar-refractivity contribution in [1.29, 1.82) is 0 Å². The molecule has 0 amide bonds. The number of halogens is 1. The van der Waals surface area contributed by atoms with Gasteiger partial charge in [0, 0.05) is 32.6 Å². The van der Waals surface area contributed by atoms with Crippen LogP contribution in [0.4, 0.5) is 5.82 Å². The van der Waals surface area contributed by atoms with Crippen molar-refractivity contribution < 1.29 is 0 Å². The molecule has 0 fully saturated rings. The van der Waals surface area contributed by atoms with E-state index in [0.29, 0.717) is 6.54 Å². The van der Waals surface area contributed by atoms with Gasteiger partial charge in [-0.3, -0.25) is 0 Å². The second kappa shape index (κ2) is 4.83. The van der Waals surface area contributed by atoms with Crippen molar-refractivity contribution in [3.8, 4) is 0 Å². The van der Waals surface area contributed by atoms with Crippen LogP contribution in [0.5, 0.6) is 0 Å². The first kappa shape index (κ1) is 12.0. The Labute approximate surface area is 109 Å². The first-order valence-electron chi connectivity index (χ1n) is 5.25. The normalized spacial score (nSPS) is 10.6. The summed E-state index contributed by atoms with van der Waals surface area (Å²) in [6.07, 6.45) is 3.73. The molecule has 0 spiro atoms. The van der Waals surface area contributed by atoms with E-state index >= 15 is 0 Å². The van der Waals surface area contributed by atoms with Crippen LogP contribution in [0.15, 0.2) is 23.1 Å². The topological polar surface area (TPSA) is 46.8 Å². The summed E-state index contributed by atoms with van der Waals surface area (Å²) in [7, 11) is 3.97. The van der Waals surface area contributed by atoms with Crippen molar-refractivity contribution in [3.63, 3.8) is 0 Å². The number of hydrogen-bond acceptors (Lipinski definition) is 4. The van der Waals surface area contributed by atoms with Crippen molar-refractivity contribution in [2.24, 2.45) is 7.05 Å². The maximum Gasteiger partial charge on any atom is 0.133 e. The molecule has 0 aliphatic carbocycles. The Morgan fingerprint density at radius 3 is 2.76 bits per heavy atom. The summed E-state index contributed by atoms with van der Waals surface area (Å²) in [5, 5.41) is 0. The van der Waals surface area contributed by atoms with Gasteiger partial charge in [0.2, 0.25) is 0 Å². The van der Waals surface area contributed by atoms with Crippen LogP contribution in [0.3, 0.4) is 0 Å². The van der Waals surface area contributed by atoms with Gasteiger partial charge in [-0.1, -0.05) is 0 Å². The van der Waals surface area contributed by atoms with E-state index in [0.717, 1.165) is 22.1 Å². The Bertz CT molecular complexity index is 502. The summed E-state index contributed by atoms with van der Waals surface area (Å²) >= 11 is 3.38. The zero-order chi connectivity index (χ0) is 12.4. The smallest absolute Gasteiger partial charge is 0.133 e. The minimum atomic E-state index is 0.715. The van der Waals surface area contributed by atoms with E-state index in [1.54, 1.807) is 6.20 Å². The molecule has 0 N–H and O–H groups in total. The van der Waals surface area contributed by atoms with E-state index in [2.05, 4.69) is 30.9 Å². The van der Waals surface area contributed by atoms with Gasteiger partial charge in [0.05, 0.1) is 6.54 Å². The molecule has 0 atom stereocenters. The lowest BCUT2D eigenvalue weighted by Crippen LogP contribution is -2.20. The molecule has 6 heteroatoms. The lowest BCUT2D eigenvalue weighted by Gasteiger charge is -2.18. The fourth-order valence-corrected chi connectivity index (χ4v) is 2.02. The highest BCUT2D eigenvalue weighted by Crippen LogP contribution is 2.16. The van der Waals surface area contributed by atoms with Crippen LogP contribution in [0.1, 0.15) is 11.6 Å². The lowest BCUT2D eigenvalue weighted by atomic mass is 10.4. The molecule has 90 valence electrons. The number of aryl methyl sites for hydroxylation is 2. The molecule has 0 radical (unpaired) electrons. The van der Waals surface area contributed by atoms with Crippen molar-refractivity contribution in [2.75, 3.05) is 11.9 Å². The van der Waals surface area contributed by atoms with E-state index < -0.39 is 0 Å². The molecule has 2 aromatic heterocycles.